The number of rotatable bonds is 3. The number of methoxy groups -OCH3 is 1. The highest BCUT2D eigenvalue weighted by Crippen LogP contribution is 2.34. The predicted octanol–water partition coefficient (Wildman–Crippen LogP) is 0.651. The van der Waals surface area contributed by atoms with Gasteiger partial charge >= 0.3 is 11.9 Å². The maximum Gasteiger partial charge on any atom is 0.328 e. The Bertz CT molecular complexity index is 394. The summed E-state index contributed by atoms with van der Waals surface area (Å²) in [5.41, 5.74) is 0. The highest BCUT2D eigenvalue weighted by Gasteiger charge is 2.41. The summed E-state index contributed by atoms with van der Waals surface area (Å²) in [7, 11) is 1.32. The zero-order valence-electron chi connectivity index (χ0n) is 11.0. The number of likely N-dealkylation sites (tertiary alicyclic amines) is 1. The molecule has 6 nitrogen and oxygen atoms in total. The van der Waals surface area contributed by atoms with E-state index in [0.717, 1.165) is 6.42 Å². The molecule has 0 aromatic rings. The largest absolute Gasteiger partial charge is 0.481 e. The van der Waals surface area contributed by atoms with Gasteiger partial charge in [0, 0.05) is 12.5 Å². The van der Waals surface area contributed by atoms with E-state index in [1.807, 2.05) is 0 Å². The third-order valence-electron chi connectivity index (χ3n) is 4.14. The fraction of sp³-hybridized carbons (Fsp3) is 0.769. The molecule has 0 bridgehead atoms. The molecule has 1 aliphatic carbocycles. The normalized spacial score (nSPS) is 30.4. The number of amides is 1. The lowest BCUT2D eigenvalue weighted by molar-refractivity contribution is -0.152. The third-order valence-corrected chi connectivity index (χ3v) is 4.14. The van der Waals surface area contributed by atoms with Crippen molar-refractivity contribution in [2.24, 2.45) is 11.8 Å². The Morgan fingerprint density at radius 1 is 1.16 bits per heavy atom. The molecule has 2 aliphatic rings. The molecule has 3 unspecified atom stereocenters. The van der Waals surface area contributed by atoms with E-state index in [4.69, 9.17) is 9.84 Å². The van der Waals surface area contributed by atoms with Crippen LogP contribution in [-0.4, -0.2) is 47.5 Å². The highest BCUT2D eigenvalue weighted by molar-refractivity contribution is 5.87. The molecule has 0 spiro atoms. The second kappa shape index (κ2) is 5.59. The van der Waals surface area contributed by atoms with Crippen molar-refractivity contribution in [3.05, 3.63) is 0 Å². The number of esters is 1. The Balaban J connectivity index is 2.00. The summed E-state index contributed by atoms with van der Waals surface area (Å²) in [6, 6.07) is -0.485. The summed E-state index contributed by atoms with van der Waals surface area (Å²) in [6.45, 7) is 0.562. The number of nitrogens with zero attached hydrogens (tertiary/aromatic N) is 1. The van der Waals surface area contributed by atoms with E-state index in [0.29, 0.717) is 32.2 Å². The number of ether oxygens (including phenoxy) is 1. The molecule has 1 aliphatic heterocycles. The minimum atomic E-state index is -0.832. The lowest BCUT2D eigenvalue weighted by Crippen LogP contribution is -2.43. The average molecular weight is 269 g/mol. The van der Waals surface area contributed by atoms with E-state index in [1.165, 1.54) is 7.11 Å². The van der Waals surface area contributed by atoms with Crippen molar-refractivity contribution in [3.63, 3.8) is 0 Å². The Labute approximate surface area is 111 Å². The second-order valence-electron chi connectivity index (χ2n) is 5.26. The monoisotopic (exact) mass is 269 g/mol. The van der Waals surface area contributed by atoms with Crippen molar-refractivity contribution < 1.29 is 24.2 Å². The van der Waals surface area contributed by atoms with Gasteiger partial charge in [-0.3, -0.25) is 9.59 Å². The summed E-state index contributed by atoms with van der Waals surface area (Å²) in [5.74, 6) is -1.98. The maximum absolute atomic E-state index is 12.4. The fourth-order valence-corrected chi connectivity index (χ4v) is 3.08. The Hall–Kier alpha value is -1.59. The molecule has 3 atom stereocenters. The van der Waals surface area contributed by atoms with E-state index in [1.54, 1.807) is 4.90 Å². The molecule has 2 rings (SSSR count). The van der Waals surface area contributed by atoms with Gasteiger partial charge in [0.1, 0.15) is 6.04 Å². The molecule has 106 valence electrons. The van der Waals surface area contributed by atoms with Crippen LogP contribution in [0.3, 0.4) is 0 Å². The molecule has 6 heteroatoms. The number of carboxylic acids is 1. The standard InChI is InChI=1S/C13H19NO5/c1-19-13(18)10-3-2-6-14(10)11(15)8-4-5-9(7-8)12(16)17/h8-10H,2-7H2,1H3,(H,16,17). The number of carboxylic acid groups (broad SMARTS) is 1. The zero-order valence-corrected chi connectivity index (χ0v) is 11.0. The molecule has 2 fully saturated rings. The van der Waals surface area contributed by atoms with Crippen molar-refractivity contribution in [1.29, 1.82) is 0 Å². The van der Waals surface area contributed by atoms with E-state index in [-0.39, 0.29) is 17.8 Å². The van der Waals surface area contributed by atoms with Crippen LogP contribution in [0.15, 0.2) is 0 Å². The van der Waals surface area contributed by atoms with Crippen LogP contribution in [0, 0.1) is 11.8 Å². The summed E-state index contributed by atoms with van der Waals surface area (Å²) in [5, 5.41) is 8.96. The van der Waals surface area contributed by atoms with Gasteiger partial charge in [0.15, 0.2) is 0 Å². The van der Waals surface area contributed by atoms with Gasteiger partial charge in [-0.1, -0.05) is 0 Å². The van der Waals surface area contributed by atoms with Gasteiger partial charge in [-0.05, 0) is 32.1 Å². The summed E-state index contributed by atoms with van der Waals surface area (Å²) in [6.07, 6.45) is 2.95. The topological polar surface area (TPSA) is 83.9 Å². The Kier molecular flexibility index (Phi) is 4.07. The molecular weight excluding hydrogens is 250 g/mol. The molecule has 1 N–H and O–H groups in total. The smallest absolute Gasteiger partial charge is 0.328 e. The minimum Gasteiger partial charge on any atom is -0.481 e. The molecule has 0 radical (unpaired) electrons. The van der Waals surface area contributed by atoms with Crippen molar-refractivity contribution in [2.75, 3.05) is 13.7 Å². The summed E-state index contributed by atoms with van der Waals surface area (Å²) < 4.78 is 4.71. The lowest BCUT2D eigenvalue weighted by atomic mass is 10.0. The van der Waals surface area contributed by atoms with Crippen LogP contribution in [-0.2, 0) is 19.1 Å². The molecule has 1 saturated heterocycles. The highest BCUT2D eigenvalue weighted by atomic mass is 16.5. The second-order valence-corrected chi connectivity index (χ2v) is 5.26. The van der Waals surface area contributed by atoms with Crippen LogP contribution in [0.25, 0.3) is 0 Å². The molecular formula is C13H19NO5. The van der Waals surface area contributed by atoms with Crippen molar-refractivity contribution in [3.8, 4) is 0 Å². The lowest BCUT2D eigenvalue weighted by Gasteiger charge is -2.25. The first-order valence-corrected chi connectivity index (χ1v) is 6.65. The van der Waals surface area contributed by atoms with Crippen molar-refractivity contribution in [2.45, 2.75) is 38.1 Å². The van der Waals surface area contributed by atoms with Crippen LogP contribution in [0.5, 0.6) is 0 Å². The van der Waals surface area contributed by atoms with Gasteiger partial charge in [0.05, 0.1) is 13.0 Å². The SMILES string of the molecule is COC(=O)C1CCCN1C(=O)C1CCC(C(=O)O)C1. The average Bonchev–Trinajstić information content (AvgIpc) is 3.05. The van der Waals surface area contributed by atoms with Gasteiger partial charge in [-0.25, -0.2) is 4.79 Å². The van der Waals surface area contributed by atoms with Crippen LogP contribution in [0.4, 0.5) is 0 Å². The van der Waals surface area contributed by atoms with Gasteiger partial charge < -0.3 is 14.7 Å². The predicted molar refractivity (Wildman–Crippen MR) is 65.2 cm³/mol. The van der Waals surface area contributed by atoms with Crippen LogP contribution >= 0.6 is 0 Å². The van der Waals surface area contributed by atoms with E-state index in [2.05, 4.69) is 0 Å². The van der Waals surface area contributed by atoms with Crippen LogP contribution in [0.1, 0.15) is 32.1 Å². The zero-order chi connectivity index (χ0) is 14.0. The van der Waals surface area contributed by atoms with Gasteiger partial charge in [-0.2, -0.15) is 0 Å². The number of hydrogen-bond donors (Lipinski definition) is 1. The first-order chi connectivity index (χ1) is 9.04. The molecule has 1 heterocycles. The van der Waals surface area contributed by atoms with E-state index in [9.17, 15) is 14.4 Å². The number of carbonyl (C=O) groups excluding carboxylic acids is 2. The molecule has 0 aromatic carbocycles. The van der Waals surface area contributed by atoms with Crippen LogP contribution in [0.2, 0.25) is 0 Å². The maximum atomic E-state index is 12.4. The quantitative estimate of drug-likeness (QED) is 0.760. The number of aliphatic carboxylic acids is 1. The molecule has 1 saturated carbocycles. The summed E-state index contributed by atoms with van der Waals surface area (Å²) >= 11 is 0. The Morgan fingerprint density at radius 2 is 1.84 bits per heavy atom. The first-order valence-electron chi connectivity index (χ1n) is 6.65. The van der Waals surface area contributed by atoms with E-state index < -0.39 is 17.9 Å². The minimum absolute atomic E-state index is 0.0864. The van der Waals surface area contributed by atoms with E-state index >= 15 is 0 Å². The van der Waals surface area contributed by atoms with Crippen molar-refractivity contribution in [1.82, 2.24) is 4.90 Å². The fourth-order valence-electron chi connectivity index (χ4n) is 3.08. The van der Waals surface area contributed by atoms with Gasteiger partial charge in [0.2, 0.25) is 5.91 Å². The summed E-state index contributed by atoms with van der Waals surface area (Å²) in [4.78, 5) is 36.5. The van der Waals surface area contributed by atoms with Gasteiger partial charge in [-0.15, -0.1) is 0 Å². The van der Waals surface area contributed by atoms with Crippen LogP contribution < -0.4 is 0 Å². The van der Waals surface area contributed by atoms with Crippen molar-refractivity contribution >= 4 is 17.8 Å². The molecule has 0 aromatic heterocycles. The number of hydrogen-bond acceptors (Lipinski definition) is 4. The Morgan fingerprint density at radius 3 is 2.42 bits per heavy atom. The molecule has 1 amide bonds. The van der Waals surface area contributed by atoms with Gasteiger partial charge in [0.25, 0.3) is 0 Å². The molecule has 19 heavy (non-hydrogen) atoms. The third kappa shape index (κ3) is 2.72. The first kappa shape index (κ1) is 13.8. The number of carbonyl (C=O) groups is 3.